The molecule has 0 aliphatic carbocycles. The molecule has 1 aromatic carbocycles. The van der Waals surface area contributed by atoms with Gasteiger partial charge in [-0.1, -0.05) is 11.2 Å². The molecule has 1 atom stereocenters. The SMILES string of the molecule is C=CCN1CCC(c2c(F)cc(N=[N+]=[N-])cc2F)CCC1=O. The highest BCUT2D eigenvalue weighted by molar-refractivity contribution is 5.76. The molecule has 5 nitrogen and oxygen atoms in total. The quantitative estimate of drug-likeness (QED) is 0.356. The molecule has 0 spiro atoms. The number of amides is 1. The summed E-state index contributed by atoms with van der Waals surface area (Å²) in [5.41, 5.74) is 8.19. The molecule has 7 heteroatoms. The number of hydrogen-bond acceptors (Lipinski definition) is 2. The lowest BCUT2D eigenvalue weighted by Crippen LogP contribution is -2.30. The summed E-state index contributed by atoms with van der Waals surface area (Å²) < 4.78 is 28.3. The van der Waals surface area contributed by atoms with Gasteiger partial charge in [-0.2, -0.15) is 0 Å². The van der Waals surface area contributed by atoms with Gasteiger partial charge >= 0.3 is 0 Å². The lowest BCUT2D eigenvalue weighted by molar-refractivity contribution is -0.130. The summed E-state index contributed by atoms with van der Waals surface area (Å²) in [6, 6.07) is 2.04. The summed E-state index contributed by atoms with van der Waals surface area (Å²) in [5, 5.41) is 3.21. The van der Waals surface area contributed by atoms with Crippen molar-refractivity contribution in [1.29, 1.82) is 0 Å². The van der Waals surface area contributed by atoms with Crippen LogP contribution in [0.3, 0.4) is 0 Å². The molecule has 0 N–H and O–H groups in total. The zero-order valence-corrected chi connectivity index (χ0v) is 12.0. The van der Waals surface area contributed by atoms with Crippen molar-refractivity contribution in [2.24, 2.45) is 5.11 Å². The van der Waals surface area contributed by atoms with Gasteiger partial charge in [-0.05, 0) is 36.4 Å². The Balaban J connectivity index is 2.26. The van der Waals surface area contributed by atoms with Crippen LogP contribution in [-0.4, -0.2) is 23.9 Å². The molecular formula is C15H16F2N4O. The van der Waals surface area contributed by atoms with Gasteiger partial charge in [0.05, 0.1) is 0 Å². The van der Waals surface area contributed by atoms with E-state index in [2.05, 4.69) is 16.6 Å². The minimum atomic E-state index is -0.739. The molecule has 1 heterocycles. The van der Waals surface area contributed by atoms with Crippen LogP contribution in [0.5, 0.6) is 0 Å². The van der Waals surface area contributed by atoms with Gasteiger partial charge < -0.3 is 4.90 Å². The van der Waals surface area contributed by atoms with E-state index >= 15 is 0 Å². The van der Waals surface area contributed by atoms with E-state index in [9.17, 15) is 13.6 Å². The lowest BCUT2D eigenvalue weighted by Gasteiger charge is -2.19. The smallest absolute Gasteiger partial charge is 0.222 e. The summed E-state index contributed by atoms with van der Waals surface area (Å²) in [4.78, 5) is 16.1. The Morgan fingerprint density at radius 2 is 2.09 bits per heavy atom. The second kappa shape index (κ2) is 7.04. The largest absolute Gasteiger partial charge is 0.339 e. The van der Waals surface area contributed by atoms with Crippen molar-refractivity contribution in [1.82, 2.24) is 4.90 Å². The van der Waals surface area contributed by atoms with Gasteiger partial charge in [-0.15, -0.1) is 6.58 Å². The third kappa shape index (κ3) is 3.43. The Morgan fingerprint density at radius 1 is 1.41 bits per heavy atom. The van der Waals surface area contributed by atoms with E-state index in [4.69, 9.17) is 5.53 Å². The number of carbonyl (C=O) groups excluding carboxylic acids is 1. The topological polar surface area (TPSA) is 69.1 Å². The number of azide groups is 1. The first-order valence-corrected chi connectivity index (χ1v) is 6.99. The standard InChI is InChI=1S/C15H16F2N4O/c1-2-6-21-7-5-10(3-4-14(21)22)15-12(16)8-11(19-20-18)9-13(15)17/h2,8-10H,1,3-7H2. The van der Waals surface area contributed by atoms with Crippen molar-refractivity contribution >= 4 is 11.6 Å². The van der Waals surface area contributed by atoms with Crippen LogP contribution in [0.4, 0.5) is 14.5 Å². The summed E-state index contributed by atoms with van der Waals surface area (Å²) in [6.45, 7) is 4.47. The molecule has 1 aromatic rings. The molecule has 0 aromatic heterocycles. The highest BCUT2D eigenvalue weighted by Gasteiger charge is 2.27. The summed E-state index contributed by atoms with van der Waals surface area (Å²) in [7, 11) is 0. The van der Waals surface area contributed by atoms with Crippen LogP contribution in [0.1, 0.15) is 30.7 Å². The first kappa shape index (κ1) is 16.0. The average molecular weight is 306 g/mol. The van der Waals surface area contributed by atoms with Crippen LogP contribution in [0, 0.1) is 11.6 Å². The average Bonchev–Trinajstić information content (AvgIpc) is 2.63. The van der Waals surface area contributed by atoms with Crippen molar-refractivity contribution < 1.29 is 13.6 Å². The van der Waals surface area contributed by atoms with E-state index in [1.54, 1.807) is 11.0 Å². The first-order chi connectivity index (χ1) is 10.6. The van der Waals surface area contributed by atoms with Crippen molar-refractivity contribution in [2.45, 2.75) is 25.2 Å². The number of nitrogens with zero attached hydrogens (tertiary/aromatic N) is 4. The fourth-order valence-electron chi connectivity index (χ4n) is 2.74. The Hall–Kier alpha value is -2.40. The summed E-state index contributed by atoms with van der Waals surface area (Å²) in [6.07, 6.45) is 2.75. The van der Waals surface area contributed by atoms with Crippen LogP contribution < -0.4 is 0 Å². The molecule has 1 saturated heterocycles. The highest BCUT2D eigenvalue weighted by Crippen LogP contribution is 2.34. The van der Waals surface area contributed by atoms with Gasteiger partial charge in [0.2, 0.25) is 5.91 Å². The summed E-state index contributed by atoms with van der Waals surface area (Å²) in [5.74, 6) is -1.89. The Kier molecular flexibility index (Phi) is 5.12. The Morgan fingerprint density at radius 3 is 2.68 bits per heavy atom. The second-order valence-electron chi connectivity index (χ2n) is 5.17. The molecule has 0 saturated carbocycles. The molecule has 1 unspecified atom stereocenters. The maximum atomic E-state index is 14.2. The van der Waals surface area contributed by atoms with Crippen LogP contribution in [0.2, 0.25) is 0 Å². The Labute approximate surface area is 126 Å². The van der Waals surface area contributed by atoms with Gasteiger partial charge in [0, 0.05) is 35.7 Å². The van der Waals surface area contributed by atoms with Gasteiger partial charge in [0.25, 0.3) is 0 Å². The van der Waals surface area contributed by atoms with E-state index in [1.807, 2.05) is 0 Å². The molecule has 116 valence electrons. The number of benzene rings is 1. The van der Waals surface area contributed by atoms with E-state index in [0.29, 0.717) is 25.9 Å². The predicted octanol–water partition coefficient (Wildman–Crippen LogP) is 4.19. The van der Waals surface area contributed by atoms with Crippen molar-refractivity contribution in [3.63, 3.8) is 0 Å². The number of carbonyl (C=O) groups is 1. The highest BCUT2D eigenvalue weighted by atomic mass is 19.1. The number of rotatable bonds is 4. The second-order valence-corrected chi connectivity index (χ2v) is 5.17. The van der Waals surface area contributed by atoms with Crippen molar-refractivity contribution in [3.8, 4) is 0 Å². The van der Waals surface area contributed by atoms with Crippen molar-refractivity contribution in [3.05, 3.63) is 52.4 Å². The van der Waals surface area contributed by atoms with Gasteiger partial charge in [-0.25, -0.2) is 8.78 Å². The van der Waals surface area contributed by atoms with Crippen LogP contribution in [0.25, 0.3) is 10.4 Å². The van der Waals surface area contributed by atoms with Crippen LogP contribution >= 0.6 is 0 Å². The zero-order valence-electron chi connectivity index (χ0n) is 12.0. The fourth-order valence-corrected chi connectivity index (χ4v) is 2.74. The summed E-state index contributed by atoms with van der Waals surface area (Å²) >= 11 is 0. The van der Waals surface area contributed by atoms with Gasteiger partial charge in [-0.3, -0.25) is 4.79 Å². The van der Waals surface area contributed by atoms with Crippen LogP contribution in [-0.2, 0) is 4.79 Å². The zero-order chi connectivity index (χ0) is 16.1. The minimum Gasteiger partial charge on any atom is -0.339 e. The molecule has 0 radical (unpaired) electrons. The minimum absolute atomic E-state index is 0.0334. The first-order valence-electron chi connectivity index (χ1n) is 6.99. The molecule has 0 bridgehead atoms. The normalized spacial score (nSPS) is 18.5. The molecular weight excluding hydrogens is 290 g/mol. The van der Waals surface area contributed by atoms with Crippen molar-refractivity contribution in [2.75, 3.05) is 13.1 Å². The molecule has 1 aliphatic heterocycles. The Bertz CT molecular complexity index is 617. The van der Waals surface area contributed by atoms with Gasteiger partial charge in [0.15, 0.2) is 0 Å². The molecule has 1 fully saturated rings. The van der Waals surface area contributed by atoms with E-state index in [1.165, 1.54) is 0 Å². The van der Waals surface area contributed by atoms with E-state index in [0.717, 1.165) is 12.1 Å². The monoisotopic (exact) mass is 306 g/mol. The maximum Gasteiger partial charge on any atom is 0.222 e. The number of halogens is 2. The number of likely N-dealkylation sites (tertiary alicyclic amines) is 1. The lowest BCUT2D eigenvalue weighted by atomic mass is 9.91. The van der Waals surface area contributed by atoms with Crippen LogP contribution in [0.15, 0.2) is 29.9 Å². The number of hydrogen-bond donors (Lipinski definition) is 0. The van der Waals surface area contributed by atoms with E-state index < -0.39 is 11.6 Å². The predicted molar refractivity (Wildman–Crippen MR) is 78.5 cm³/mol. The fraction of sp³-hybridized carbons (Fsp3) is 0.400. The molecule has 2 rings (SSSR count). The third-order valence-corrected chi connectivity index (χ3v) is 3.79. The molecule has 22 heavy (non-hydrogen) atoms. The maximum absolute atomic E-state index is 14.2. The van der Waals surface area contributed by atoms with E-state index in [-0.39, 0.29) is 29.5 Å². The third-order valence-electron chi connectivity index (χ3n) is 3.79. The molecule has 1 aliphatic rings. The molecule has 1 amide bonds. The van der Waals surface area contributed by atoms with Gasteiger partial charge in [0.1, 0.15) is 11.6 Å².